The maximum Gasteiger partial charge on any atom is 0.413 e. The van der Waals surface area contributed by atoms with Gasteiger partial charge in [0.25, 0.3) is 5.91 Å². The number of ether oxygens (including phenoxy) is 1. The minimum Gasteiger partial charge on any atom is -0.444 e. The molecule has 0 aromatic carbocycles. The van der Waals surface area contributed by atoms with E-state index in [9.17, 15) is 9.59 Å². The summed E-state index contributed by atoms with van der Waals surface area (Å²) in [6.07, 6.45) is 9.24. The average molecular weight is 415 g/mol. The van der Waals surface area contributed by atoms with Gasteiger partial charge in [-0.2, -0.15) is 0 Å². The molecule has 1 fully saturated rings. The summed E-state index contributed by atoms with van der Waals surface area (Å²) in [5.41, 5.74) is 0.680. The first-order valence-corrected chi connectivity index (χ1v) is 10.6. The number of nitrogens with one attached hydrogen (secondary N) is 2. The first-order valence-electron chi connectivity index (χ1n) is 9.69. The van der Waals surface area contributed by atoms with Gasteiger partial charge in [0.1, 0.15) is 11.4 Å². The smallest absolute Gasteiger partial charge is 0.413 e. The highest BCUT2D eigenvalue weighted by Gasteiger charge is 2.20. The summed E-state index contributed by atoms with van der Waals surface area (Å²) in [6.45, 7) is 5.39. The molecule has 2 aromatic heterocycles. The fourth-order valence-electron chi connectivity index (χ4n) is 3.15. The second kappa shape index (κ2) is 9.17. The summed E-state index contributed by atoms with van der Waals surface area (Å²) >= 11 is 1.37. The van der Waals surface area contributed by atoms with Gasteiger partial charge in [-0.25, -0.2) is 14.8 Å². The molecule has 2 heterocycles. The summed E-state index contributed by atoms with van der Waals surface area (Å²) in [6, 6.07) is 3.44. The molecule has 0 saturated heterocycles. The van der Waals surface area contributed by atoms with Crippen LogP contribution >= 0.6 is 11.3 Å². The van der Waals surface area contributed by atoms with Crippen molar-refractivity contribution in [3.8, 4) is 0 Å². The predicted molar refractivity (Wildman–Crippen MR) is 115 cm³/mol. The molecular weight excluding hydrogens is 388 g/mol. The highest BCUT2D eigenvalue weighted by Crippen LogP contribution is 2.30. The lowest BCUT2D eigenvalue weighted by atomic mass is 9.99. The van der Waals surface area contributed by atoms with Crippen LogP contribution in [0.1, 0.15) is 52.0 Å². The van der Waals surface area contributed by atoms with Crippen molar-refractivity contribution in [3.63, 3.8) is 0 Å². The number of anilines is 2. The molecule has 1 aliphatic carbocycles. The van der Waals surface area contributed by atoms with E-state index in [1.165, 1.54) is 24.2 Å². The van der Waals surface area contributed by atoms with E-state index in [0.717, 1.165) is 12.8 Å². The number of hydrogen-bond donors (Lipinski definition) is 2. The van der Waals surface area contributed by atoms with Crippen LogP contribution in [0, 0.1) is 5.92 Å². The number of aromatic nitrogens is 2. The van der Waals surface area contributed by atoms with E-state index in [1.54, 1.807) is 45.3 Å². The molecule has 0 aliphatic heterocycles. The molecule has 2 amide bonds. The third kappa shape index (κ3) is 6.39. The molecule has 2 N–H and O–H groups in total. The summed E-state index contributed by atoms with van der Waals surface area (Å²) in [5.74, 6) is 0.539. The van der Waals surface area contributed by atoms with E-state index in [0.29, 0.717) is 28.0 Å². The van der Waals surface area contributed by atoms with Crippen LogP contribution in [0.15, 0.2) is 36.0 Å². The lowest BCUT2D eigenvalue weighted by molar-refractivity contribution is -0.111. The van der Waals surface area contributed by atoms with Crippen molar-refractivity contribution >= 4 is 39.9 Å². The van der Waals surface area contributed by atoms with E-state index in [-0.39, 0.29) is 5.91 Å². The van der Waals surface area contributed by atoms with E-state index < -0.39 is 11.7 Å². The Balaban J connectivity index is 1.76. The molecule has 0 bridgehead atoms. The van der Waals surface area contributed by atoms with Crippen LogP contribution in [0.2, 0.25) is 0 Å². The Labute approximate surface area is 174 Å². The molecule has 29 heavy (non-hydrogen) atoms. The number of carbonyl (C=O) groups is 2. The SMILES string of the molecule is CC(C)(C)OC(=O)Nc1ccc(C(=CC2CCCC2)C(=O)Nc2nccs2)cn1. The number of allylic oxidation sites excluding steroid dienone is 1. The molecule has 7 nitrogen and oxygen atoms in total. The second-order valence-electron chi connectivity index (χ2n) is 7.98. The van der Waals surface area contributed by atoms with Crippen LogP contribution in [-0.2, 0) is 9.53 Å². The van der Waals surface area contributed by atoms with E-state index in [2.05, 4.69) is 20.6 Å². The third-order valence-electron chi connectivity index (χ3n) is 4.40. The number of pyridine rings is 1. The second-order valence-corrected chi connectivity index (χ2v) is 8.87. The van der Waals surface area contributed by atoms with E-state index in [1.807, 2.05) is 11.5 Å². The van der Waals surface area contributed by atoms with Gasteiger partial charge < -0.3 is 4.74 Å². The van der Waals surface area contributed by atoms with Crippen LogP contribution in [0.25, 0.3) is 5.57 Å². The van der Waals surface area contributed by atoms with Crippen molar-refractivity contribution < 1.29 is 14.3 Å². The van der Waals surface area contributed by atoms with Gasteiger partial charge in [-0.1, -0.05) is 18.9 Å². The molecule has 8 heteroatoms. The van der Waals surface area contributed by atoms with Crippen molar-refractivity contribution in [2.45, 2.75) is 52.1 Å². The normalized spacial score (nSPS) is 15.2. The Hall–Kier alpha value is -2.74. The summed E-state index contributed by atoms with van der Waals surface area (Å²) in [4.78, 5) is 33.2. The number of carbonyl (C=O) groups excluding carboxylic acids is 2. The molecule has 0 atom stereocenters. The molecule has 1 saturated carbocycles. The van der Waals surface area contributed by atoms with Crippen molar-refractivity contribution in [1.29, 1.82) is 0 Å². The topological polar surface area (TPSA) is 93.2 Å². The van der Waals surface area contributed by atoms with Gasteiger partial charge in [-0.3, -0.25) is 15.4 Å². The predicted octanol–water partition coefficient (Wildman–Crippen LogP) is 5.10. The Bertz CT molecular complexity index is 864. The quantitative estimate of drug-likeness (QED) is 0.664. The van der Waals surface area contributed by atoms with Crippen molar-refractivity contribution in [3.05, 3.63) is 41.5 Å². The fourth-order valence-corrected chi connectivity index (χ4v) is 3.67. The summed E-state index contributed by atoms with van der Waals surface area (Å²) in [7, 11) is 0. The van der Waals surface area contributed by atoms with Gasteiger partial charge in [0.05, 0.1) is 0 Å². The zero-order valence-corrected chi connectivity index (χ0v) is 17.7. The highest BCUT2D eigenvalue weighted by molar-refractivity contribution is 7.13. The average Bonchev–Trinajstić information content (AvgIpc) is 3.32. The van der Waals surface area contributed by atoms with E-state index in [4.69, 9.17) is 4.74 Å². The van der Waals surface area contributed by atoms with Gasteiger partial charge >= 0.3 is 6.09 Å². The lowest BCUT2D eigenvalue weighted by Crippen LogP contribution is -2.27. The zero-order chi connectivity index (χ0) is 20.9. The molecule has 1 aliphatic rings. The maximum absolute atomic E-state index is 12.9. The largest absolute Gasteiger partial charge is 0.444 e. The number of thiazole rings is 1. The molecule has 0 unspecified atom stereocenters. The minimum atomic E-state index is -0.588. The fraction of sp³-hybridized carbons (Fsp3) is 0.429. The zero-order valence-electron chi connectivity index (χ0n) is 16.9. The van der Waals surface area contributed by atoms with Crippen LogP contribution in [0.3, 0.4) is 0 Å². The summed E-state index contributed by atoms with van der Waals surface area (Å²) in [5, 5.41) is 7.83. The van der Waals surface area contributed by atoms with Gasteiger partial charge in [0.2, 0.25) is 0 Å². The van der Waals surface area contributed by atoms with Crippen LogP contribution in [0.5, 0.6) is 0 Å². The third-order valence-corrected chi connectivity index (χ3v) is 5.09. The van der Waals surface area contributed by atoms with Crippen LogP contribution < -0.4 is 10.6 Å². The van der Waals surface area contributed by atoms with Crippen LogP contribution in [0.4, 0.5) is 15.7 Å². The van der Waals surface area contributed by atoms with Gasteiger partial charge in [0.15, 0.2) is 5.13 Å². The lowest BCUT2D eigenvalue weighted by Gasteiger charge is -2.19. The van der Waals surface area contributed by atoms with Gasteiger partial charge in [-0.05, 0) is 51.7 Å². The minimum absolute atomic E-state index is 0.207. The number of hydrogen-bond acceptors (Lipinski definition) is 6. The molecule has 2 aromatic rings. The van der Waals surface area contributed by atoms with Gasteiger partial charge in [-0.15, -0.1) is 11.3 Å². The molecular formula is C21H26N4O3S. The van der Waals surface area contributed by atoms with E-state index >= 15 is 0 Å². The standard InChI is InChI=1S/C21H26N4O3S/c1-21(2,3)28-20(27)24-17-9-8-15(13-23-17)16(12-14-6-4-5-7-14)18(26)25-19-22-10-11-29-19/h8-14H,4-7H2,1-3H3,(H,22,25,26)(H,23,24,27). The number of nitrogens with zero attached hydrogens (tertiary/aromatic N) is 2. The Morgan fingerprint density at radius 1 is 1.17 bits per heavy atom. The Morgan fingerprint density at radius 2 is 1.93 bits per heavy atom. The van der Waals surface area contributed by atoms with Crippen LogP contribution in [-0.4, -0.2) is 27.6 Å². The van der Waals surface area contributed by atoms with Crippen molar-refractivity contribution in [2.75, 3.05) is 10.6 Å². The number of amides is 2. The van der Waals surface area contributed by atoms with Gasteiger partial charge in [0, 0.05) is 28.9 Å². The van der Waals surface area contributed by atoms with Crippen molar-refractivity contribution in [2.24, 2.45) is 5.92 Å². The molecule has 154 valence electrons. The highest BCUT2D eigenvalue weighted by atomic mass is 32.1. The van der Waals surface area contributed by atoms with Crippen molar-refractivity contribution in [1.82, 2.24) is 9.97 Å². The summed E-state index contributed by atoms with van der Waals surface area (Å²) < 4.78 is 5.23. The molecule has 0 spiro atoms. The Kier molecular flexibility index (Phi) is 6.64. The number of rotatable bonds is 5. The molecule has 0 radical (unpaired) electrons. The Morgan fingerprint density at radius 3 is 2.52 bits per heavy atom. The molecule has 3 rings (SSSR count). The maximum atomic E-state index is 12.9. The first kappa shape index (κ1) is 21.0. The first-order chi connectivity index (χ1) is 13.8. The monoisotopic (exact) mass is 414 g/mol.